The van der Waals surface area contributed by atoms with Gasteiger partial charge in [0.2, 0.25) is 0 Å². The second kappa shape index (κ2) is 43.0. The molecular formula is C30H70O4. The van der Waals surface area contributed by atoms with E-state index in [0.29, 0.717) is 0 Å². The van der Waals surface area contributed by atoms with Crippen molar-refractivity contribution >= 4 is 0 Å². The van der Waals surface area contributed by atoms with Crippen molar-refractivity contribution < 1.29 is 21.9 Å². The average Bonchev–Trinajstić information content (AvgIpc) is 2.76. The Morgan fingerprint density at radius 3 is 0.353 bits per heavy atom. The number of rotatable bonds is 27. The van der Waals surface area contributed by atoms with Crippen LogP contribution in [0.15, 0.2) is 0 Å². The monoisotopic (exact) mass is 495 g/mol. The molecule has 0 aromatic carbocycles. The first kappa shape index (κ1) is 43.9. The Morgan fingerprint density at radius 1 is 0.176 bits per heavy atom. The largest absolute Gasteiger partial charge is 0.412 e. The van der Waals surface area contributed by atoms with E-state index >= 15 is 0 Å². The van der Waals surface area contributed by atoms with Crippen LogP contribution in [-0.2, 0) is 0 Å². The molecule has 8 N–H and O–H groups in total. The highest BCUT2D eigenvalue weighted by Crippen LogP contribution is 2.16. The molecule has 0 heterocycles. The summed E-state index contributed by atoms with van der Waals surface area (Å²) in [6, 6.07) is 0. The molecule has 0 aliphatic carbocycles. The van der Waals surface area contributed by atoms with Crippen LogP contribution < -0.4 is 0 Å². The van der Waals surface area contributed by atoms with E-state index in [-0.39, 0.29) is 21.9 Å². The third-order valence-electron chi connectivity index (χ3n) is 6.96. The Hall–Kier alpha value is -0.160. The molecule has 214 valence electrons. The highest BCUT2D eigenvalue weighted by atomic mass is 16.0. The zero-order chi connectivity index (χ0) is 21.8. The molecule has 0 radical (unpaired) electrons. The summed E-state index contributed by atoms with van der Waals surface area (Å²) in [6.45, 7) is 4.61. The van der Waals surface area contributed by atoms with Gasteiger partial charge in [0.15, 0.2) is 0 Å². The highest BCUT2D eigenvalue weighted by molar-refractivity contribution is 4.52. The lowest BCUT2D eigenvalue weighted by atomic mass is 10.0. The Morgan fingerprint density at radius 2 is 0.265 bits per heavy atom. The molecule has 0 aliphatic heterocycles. The van der Waals surface area contributed by atoms with Gasteiger partial charge in [0, 0.05) is 0 Å². The van der Waals surface area contributed by atoms with Crippen molar-refractivity contribution in [2.75, 3.05) is 0 Å². The first-order valence-corrected chi connectivity index (χ1v) is 14.9. The minimum Gasteiger partial charge on any atom is -0.412 e. The minimum atomic E-state index is 0. The molecule has 0 aromatic rings. The van der Waals surface area contributed by atoms with Gasteiger partial charge >= 0.3 is 0 Å². The van der Waals surface area contributed by atoms with Crippen LogP contribution in [0.4, 0.5) is 0 Å². The van der Waals surface area contributed by atoms with Gasteiger partial charge in [0.25, 0.3) is 0 Å². The highest BCUT2D eigenvalue weighted by Gasteiger charge is 1.96. The van der Waals surface area contributed by atoms with Crippen LogP contribution in [0.1, 0.15) is 194 Å². The Bertz CT molecular complexity index is 259. The van der Waals surface area contributed by atoms with Gasteiger partial charge in [-0.05, 0) is 0 Å². The molecule has 34 heavy (non-hydrogen) atoms. The van der Waals surface area contributed by atoms with Gasteiger partial charge in [0.1, 0.15) is 0 Å². The fourth-order valence-electron chi connectivity index (χ4n) is 4.74. The van der Waals surface area contributed by atoms with Crippen LogP contribution in [0.3, 0.4) is 0 Å². The SMILES string of the molecule is CCCCCCCCCCCCCCCCCCCCCCCCCCCCCC.O.O.O.O. The first-order chi connectivity index (χ1) is 14.9. The van der Waals surface area contributed by atoms with Crippen molar-refractivity contribution in [3.63, 3.8) is 0 Å². The van der Waals surface area contributed by atoms with E-state index in [1.165, 1.54) is 180 Å². The fourth-order valence-corrected chi connectivity index (χ4v) is 4.74. The lowest BCUT2D eigenvalue weighted by Gasteiger charge is -2.04. The fraction of sp³-hybridized carbons (Fsp3) is 1.00. The summed E-state index contributed by atoms with van der Waals surface area (Å²) in [5.41, 5.74) is 0. The standard InChI is InChI=1S/C30H62.4H2O/c1-3-5-7-9-11-13-15-17-19-21-23-25-27-29-30-28-26-24-22-20-18-16-14-12-10-8-6-4-2;;;;/h3-30H2,1-2H3;4*1H2. The molecule has 0 rings (SSSR count). The molecule has 0 aliphatic rings. The van der Waals surface area contributed by atoms with Crippen molar-refractivity contribution in [3.05, 3.63) is 0 Å². The second-order valence-corrected chi connectivity index (χ2v) is 10.2. The predicted molar refractivity (Wildman–Crippen MR) is 155 cm³/mol. The van der Waals surface area contributed by atoms with E-state index in [9.17, 15) is 0 Å². The van der Waals surface area contributed by atoms with Crippen LogP contribution in [-0.4, -0.2) is 21.9 Å². The summed E-state index contributed by atoms with van der Waals surface area (Å²) in [7, 11) is 0. The van der Waals surface area contributed by atoms with Crippen molar-refractivity contribution in [2.24, 2.45) is 0 Å². The summed E-state index contributed by atoms with van der Waals surface area (Å²) in [6.07, 6.45) is 41.4. The van der Waals surface area contributed by atoms with Crippen LogP contribution in [0.5, 0.6) is 0 Å². The van der Waals surface area contributed by atoms with Gasteiger partial charge in [0.05, 0.1) is 0 Å². The Kier molecular flexibility index (Phi) is 55.4. The van der Waals surface area contributed by atoms with E-state index in [1.807, 2.05) is 0 Å². The van der Waals surface area contributed by atoms with Gasteiger partial charge in [-0.3, -0.25) is 0 Å². The van der Waals surface area contributed by atoms with Gasteiger partial charge in [-0.25, -0.2) is 0 Å². The lowest BCUT2D eigenvalue weighted by molar-refractivity contribution is 0.514. The van der Waals surface area contributed by atoms with E-state index in [4.69, 9.17) is 0 Å². The lowest BCUT2D eigenvalue weighted by Crippen LogP contribution is -1.84. The Labute approximate surface area is 215 Å². The zero-order valence-electron chi connectivity index (χ0n) is 23.8. The molecule has 4 heteroatoms. The third kappa shape index (κ3) is 42.0. The molecule has 0 spiro atoms. The van der Waals surface area contributed by atoms with Crippen molar-refractivity contribution in [1.82, 2.24) is 0 Å². The van der Waals surface area contributed by atoms with E-state index in [0.717, 1.165) is 0 Å². The van der Waals surface area contributed by atoms with Gasteiger partial charge in [-0.1, -0.05) is 194 Å². The van der Waals surface area contributed by atoms with Crippen LogP contribution in [0, 0.1) is 0 Å². The maximum absolute atomic E-state index is 2.31. The van der Waals surface area contributed by atoms with E-state index in [1.54, 1.807) is 0 Å². The van der Waals surface area contributed by atoms with E-state index < -0.39 is 0 Å². The molecule has 0 aromatic heterocycles. The van der Waals surface area contributed by atoms with Gasteiger partial charge in [-0.2, -0.15) is 0 Å². The summed E-state index contributed by atoms with van der Waals surface area (Å²) in [5.74, 6) is 0. The van der Waals surface area contributed by atoms with Gasteiger partial charge < -0.3 is 21.9 Å². The topological polar surface area (TPSA) is 126 Å². The normalized spacial score (nSPS) is 10.1. The van der Waals surface area contributed by atoms with Crippen LogP contribution >= 0.6 is 0 Å². The van der Waals surface area contributed by atoms with Crippen molar-refractivity contribution in [2.45, 2.75) is 194 Å². The molecule has 0 saturated carbocycles. The molecule has 0 fully saturated rings. The van der Waals surface area contributed by atoms with Crippen LogP contribution in [0.25, 0.3) is 0 Å². The first-order valence-electron chi connectivity index (χ1n) is 14.9. The zero-order valence-corrected chi connectivity index (χ0v) is 23.8. The smallest absolute Gasteiger partial charge is 0.0533 e. The third-order valence-corrected chi connectivity index (χ3v) is 6.96. The number of hydrogen-bond acceptors (Lipinski definition) is 0. The minimum absolute atomic E-state index is 0. The number of hydrogen-bond donors (Lipinski definition) is 0. The average molecular weight is 495 g/mol. The quantitative estimate of drug-likeness (QED) is 0.101. The second-order valence-electron chi connectivity index (χ2n) is 10.2. The Balaban J connectivity index is -0.000000701. The maximum Gasteiger partial charge on any atom is -0.0533 e. The van der Waals surface area contributed by atoms with Crippen molar-refractivity contribution in [1.29, 1.82) is 0 Å². The molecular weight excluding hydrogens is 424 g/mol. The number of unbranched alkanes of at least 4 members (excludes halogenated alkanes) is 27. The molecule has 4 nitrogen and oxygen atoms in total. The van der Waals surface area contributed by atoms with Crippen molar-refractivity contribution in [3.8, 4) is 0 Å². The van der Waals surface area contributed by atoms with E-state index in [2.05, 4.69) is 13.8 Å². The molecule has 0 unspecified atom stereocenters. The molecule has 0 saturated heterocycles. The predicted octanol–water partition coefficient (Wildman–Crippen LogP) is 8.65. The summed E-state index contributed by atoms with van der Waals surface area (Å²) in [4.78, 5) is 0. The molecule has 0 bridgehead atoms. The van der Waals surface area contributed by atoms with Crippen LogP contribution in [0.2, 0.25) is 0 Å². The van der Waals surface area contributed by atoms with Gasteiger partial charge in [-0.15, -0.1) is 0 Å². The maximum atomic E-state index is 2.31. The summed E-state index contributed by atoms with van der Waals surface area (Å²) in [5, 5.41) is 0. The summed E-state index contributed by atoms with van der Waals surface area (Å²) < 4.78 is 0. The molecule has 0 amide bonds. The molecule has 0 atom stereocenters. The summed E-state index contributed by atoms with van der Waals surface area (Å²) >= 11 is 0.